The van der Waals surface area contributed by atoms with E-state index in [1.54, 1.807) is 24.7 Å². The summed E-state index contributed by atoms with van der Waals surface area (Å²) < 4.78 is 0. The molecule has 3 aromatic rings. The Morgan fingerprint density at radius 2 is 2.12 bits per heavy atom. The maximum absolute atomic E-state index is 12.3. The first kappa shape index (κ1) is 14.3. The number of nitrogens with one attached hydrogen (secondary N) is 2. The van der Waals surface area contributed by atoms with Crippen LogP contribution < -0.4 is 5.32 Å². The van der Waals surface area contributed by atoms with E-state index in [4.69, 9.17) is 0 Å². The molecule has 0 radical (unpaired) electrons. The van der Waals surface area contributed by atoms with Crippen LogP contribution in [0.4, 0.5) is 11.6 Å². The van der Waals surface area contributed by atoms with Gasteiger partial charge in [0.25, 0.3) is 5.91 Å². The smallest absolute Gasteiger partial charge is 0.257 e. The fraction of sp³-hybridized carbons (Fsp3) is 0.111. The molecule has 1 aliphatic rings. The number of hydrogen-bond acceptors (Lipinski definition) is 4. The topological polar surface area (TPSA) is 83.0 Å². The first-order valence-electron chi connectivity index (χ1n) is 7.68. The predicted molar refractivity (Wildman–Crippen MR) is 91.7 cm³/mol. The van der Waals surface area contributed by atoms with Gasteiger partial charge in [0.1, 0.15) is 0 Å². The van der Waals surface area contributed by atoms with Crippen LogP contribution in [0.25, 0.3) is 0 Å². The van der Waals surface area contributed by atoms with Crippen LogP contribution in [0.2, 0.25) is 0 Å². The van der Waals surface area contributed by atoms with E-state index in [2.05, 4.69) is 25.3 Å². The van der Waals surface area contributed by atoms with Crippen molar-refractivity contribution in [3.63, 3.8) is 0 Å². The Morgan fingerprint density at radius 1 is 1.17 bits per heavy atom. The van der Waals surface area contributed by atoms with Gasteiger partial charge in [-0.2, -0.15) is 0 Å². The molecule has 0 bridgehead atoms. The zero-order chi connectivity index (χ0) is 16.4. The first-order chi connectivity index (χ1) is 11.8. The average Bonchev–Trinajstić information content (AvgIpc) is 3.24. The predicted octanol–water partition coefficient (Wildman–Crippen LogP) is 2.93. The minimum Gasteiger partial charge on any atom is -0.331 e. The van der Waals surface area contributed by atoms with Gasteiger partial charge in [0, 0.05) is 48.4 Å². The molecule has 1 aromatic carbocycles. The number of fused-ring (bicyclic) bond motifs is 1. The molecule has 0 fully saturated rings. The second-order valence-corrected chi connectivity index (χ2v) is 5.59. The van der Waals surface area contributed by atoms with Crippen LogP contribution in [0.15, 0.2) is 60.0 Å². The number of H-pyrrole nitrogens is 1. The van der Waals surface area contributed by atoms with E-state index in [1.165, 1.54) is 0 Å². The number of aromatic nitrogens is 3. The van der Waals surface area contributed by atoms with Crippen molar-refractivity contribution in [3.8, 4) is 0 Å². The molecule has 24 heavy (non-hydrogen) atoms. The number of pyridine rings is 1. The monoisotopic (exact) mass is 317 g/mol. The van der Waals surface area contributed by atoms with E-state index >= 15 is 0 Å². The number of hydrogen-bond donors (Lipinski definition) is 2. The highest BCUT2D eigenvalue weighted by Gasteiger charge is 2.17. The molecule has 1 amide bonds. The molecule has 3 heterocycles. The molecule has 118 valence electrons. The van der Waals surface area contributed by atoms with Gasteiger partial charge in [0.05, 0.1) is 5.69 Å². The van der Waals surface area contributed by atoms with Crippen molar-refractivity contribution in [1.29, 1.82) is 0 Å². The number of carbonyl (C=O) groups excluding carboxylic acids is 1. The fourth-order valence-corrected chi connectivity index (χ4v) is 2.73. The van der Waals surface area contributed by atoms with Gasteiger partial charge in [-0.15, -0.1) is 0 Å². The minimum absolute atomic E-state index is 0.189. The molecule has 2 aromatic heterocycles. The molecular formula is C18H15N5O. The van der Waals surface area contributed by atoms with Crippen LogP contribution in [0.5, 0.6) is 0 Å². The lowest BCUT2D eigenvalue weighted by Crippen LogP contribution is -2.13. The van der Waals surface area contributed by atoms with Crippen LogP contribution in [0, 0.1) is 0 Å². The standard InChI is InChI=1S/C18H15N5O/c24-17(23-18-20-7-8-21-18)12-4-5-16-13(9-12)10-15(22-16)11-14-3-1-2-6-19-14/h1-9H,10-11H2,(H2,20,21,23,24). The van der Waals surface area contributed by atoms with Gasteiger partial charge in [-0.1, -0.05) is 6.07 Å². The molecule has 6 nitrogen and oxygen atoms in total. The number of amides is 1. The van der Waals surface area contributed by atoms with Crippen molar-refractivity contribution in [2.75, 3.05) is 5.32 Å². The maximum atomic E-state index is 12.3. The molecule has 0 saturated heterocycles. The Hall–Kier alpha value is -3.28. The SMILES string of the molecule is O=C(Nc1ncc[nH]1)c1ccc2c(c1)CC(Cc1ccccn1)=N2. The summed E-state index contributed by atoms with van der Waals surface area (Å²) in [6.07, 6.45) is 6.51. The van der Waals surface area contributed by atoms with Gasteiger partial charge in [-0.25, -0.2) is 4.98 Å². The molecular weight excluding hydrogens is 302 g/mol. The molecule has 4 rings (SSSR count). The third-order valence-electron chi connectivity index (χ3n) is 3.86. The highest BCUT2D eigenvalue weighted by molar-refractivity contribution is 6.04. The van der Waals surface area contributed by atoms with Crippen LogP contribution in [0.3, 0.4) is 0 Å². The molecule has 0 saturated carbocycles. The lowest BCUT2D eigenvalue weighted by atomic mass is 10.0. The molecule has 6 heteroatoms. The highest BCUT2D eigenvalue weighted by Crippen LogP contribution is 2.28. The largest absolute Gasteiger partial charge is 0.331 e. The normalized spacial score (nSPS) is 12.6. The van der Waals surface area contributed by atoms with Crippen LogP contribution in [0.1, 0.15) is 21.6 Å². The lowest BCUT2D eigenvalue weighted by Gasteiger charge is -2.04. The van der Waals surface area contributed by atoms with Crippen molar-refractivity contribution in [2.24, 2.45) is 4.99 Å². The van der Waals surface area contributed by atoms with E-state index in [0.717, 1.165) is 35.5 Å². The number of rotatable bonds is 4. The van der Waals surface area contributed by atoms with Gasteiger partial charge in [-0.05, 0) is 35.9 Å². The molecule has 2 N–H and O–H groups in total. The van der Waals surface area contributed by atoms with E-state index in [1.807, 2.05) is 30.3 Å². The van der Waals surface area contributed by atoms with Gasteiger partial charge in [0.15, 0.2) is 0 Å². The highest BCUT2D eigenvalue weighted by atomic mass is 16.1. The second-order valence-electron chi connectivity index (χ2n) is 5.59. The Labute approximate surface area is 138 Å². The molecule has 0 unspecified atom stereocenters. The summed E-state index contributed by atoms with van der Waals surface area (Å²) in [6.45, 7) is 0. The molecule has 0 spiro atoms. The Kier molecular flexibility index (Phi) is 3.63. The van der Waals surface area contributed by atoms with Crippen LogP contribution in [-0.4, -0.2) is 26.6 Å². The number of aromatic amines is 1. The lowest BCUT2D eigenvalue weighted by molar-refractivity contribution is 0.102. The second kappa shape index (κ2) is 6.08. The molecule has 0 aliphatic carbocycles. The Bertz CT molecular complexity index is 900. The summed E-state index contributed by atoms with van der Waals surface area (Å²) in [5.41, 5.74) is 4.65. The van der Waals surface area contributed by atoms with Gasteiger partial charge in [0.2, 0.25) is 5.95 Å². The summed E-state index contributed by atoms with van der Waals surface area (Å²) in [5, 5.41) is 2.73. The Morgan fingerprint density at radius 3 is 2.92 bits per heavy atom. The van der Waals surface area contributed by atoms with E-state index in [0.29, 0.717) is 11.5 Å². The fourth-order valence-electron chi connectivity index (χ4n) is 2.73. The maximum Gasteiger partial charge on any atom is 0.257 e. The summed E-state index contributed by atoms with van der Waals surface area (Å²) in [4.78, 5) is 28.1. The van der Waals surface area contributed by atoms with Crippen LogP contribution >= 0.6 is 0 Å². The van der Waals surface area contributed by atoms with Gasteiger partial charge >= 0.3 is 0 Å². The number of aliphatic imine (C=N–C) groups is 1. The summed E-state index contributed by atoms with van der Waals surface area (Å²) in [5.74, 6) is 0.249. The Balaban J connectivity index is 1.48. The average molecular weight is 317 g/mol. The number of nitrogens with zero attached hydrogens (tertiary/aromatic N) is 3. The third kappa shape index (κ3) is 2.94. The quantitative estimate of drug-likeness (QED) is 0.776. The van der Waals surface area contributed by atoms with Crippen molar-refractivity contribution < 1.29 is 4.79 Å². The van der Waals surface area contributed by atoms with E-state index in [-0.39, 0.29) is 5.91 Å². The van der Waals surface area contributed by atoms with E-state index < -0.39 is 0 Å². The van der Waals surface area contributed by atoms with Crippen molar-refractivity contribution in [3.05, 3.63) is 71.8 Å². The van der Waals surface area contributed by atoms with Crippen molar-refractivity contribution in [2.45, 2.75) is 12.8 Å². The molecule has 0 atom stereocenters. The van der Waals surface area contributed by atoms with Crippen molar-refractivity contribution in [1.82, 2.24) is 15.0 Å². The zero-order valence-electron chi connectivity index (χ0n) is 12.9. The summed E-state index contributed by atoms with van der Waals surface area (Å²) in [7, 11) is 0. The first-order valence-corrected chi connectivity index (χ1v) is 7.68. The number of benzene rings is 1. The van der Waals surface area contributed by atoms with Gasteiger partial charge < -0.3 is 4.98 Å². The van der Waals surface area contributed by atoms with Crippen LogP contribution in [-0.2, 0) is 12.8 Å². The zero-order valence-corrected chi connectivity index (χ0v) is 12.9. The van der Waals surface area contributed by atoms with Gasteiger partial charge in [-0.3, -0.25) is 20.1 Å². The summed E-state index contributed by atoms with van der Waals surface area (Å²) >= 11 is 0. The van der Waals surface area contributed by atoms with Crippen molar-refractivity contribution >= 4 is 23.3 Å². The number of carbonyl (C=O) groups is 1. The minimum atomic E-state index is -0.189. The summed E-state index contributed by atoms with van der Waals surface area (Å²) in [6, 6.07) is 11.4. The number of imidazole rings is 1. The molecule has 1 aliphatic heterocycles. The number of anilines is 1. The third-order valence-corrected chi connectivity index (χ3v) is 3.86. The van der Waals surface area contributed by atoms with E-state index in [9.17, 15) is 4.79 Å².